The van der Waals surface area contributed by atoms with Gasteiger partial charge in [0.2, 0.25) is 0 Å². The molecule has 1 aromatic heterocycles. The van der Waals surface area contributed by atoms with E-state index in [1.165, 1.54) is 27.4 Å². The van der Waals surface area contributed by atoms with Crippen molar-refractivity contribution < 1.29 is 9.47 Å². The number of para-hydroxylation sites is 1. The lowest BCUT2D eigenvalue weighted by atomic mass is 9.80. The Bertz CT molecular complexity index is 1000. The number of aryl methyl sites for hydroxylation is 1. The first kappa shape index (κ1) is 24.2. The van der Waals surface area contributed by atoms with Crippen molar-refractivity contribution in [2.24, 2.45) is 17.2 Å². The van der Waals surface area contributed by atoms with Gasteiger partial charge in [0.15, 0.2) is 0 Å². The van der Waals surface area contributed by atoms with Gasteiger partial charge < -0.3 is 31.2 Å². The van der Waals surface area contributed by atoms with Gasteiger partial charge in [-0.1, -0.05) is 24.3 Å². The van der Waals surface area contributed by atoms with Crippen LogP contribution in [0.25, 0.3) is 21.8 Å². The third-order valence-electron chi connectivity index (χ3n) is 6.88. The van der Waals surface area contributed by atoms with Crippen LogP contribution in [0.15, 0.2) is 42.5 Å². The van der Waals surface area contributed by atoms with E-state index >= 15 is 0 Å². The van der Waals surface area contributed by atoms with Crippen molar-refractivity contribution >= 4 is 21.8 Å². The largest absolute Gasteiger partial charge is 0.378 e. The Morgan fingerprint density at radius 3 is 2.03 bits per heavy atom. The molecule has 1 heterocycles. The van der Waals surface area contributed by atoms with Gasteiger partial charge in [-0.3, -0.25) is 0 Å². The monoisotopic (exact) mass is 452 g/mol. The van der Waals surface area contributed by atoms with Gasteiger partial charge in [0.05, 0.1) is 12.2 Å². The van der Waals surface area contributed by atoms with Crippen LogP contribution in [0.5, 0.6) is 0 Å². The maximum Gasteiger partial charge on any atom is 0.0605 e. The zero-order valence-corrected chi connectivity index (χ0v) is 19.8. The molecule has 0 bridgehead atoms. The Kier molecular flexibility index (Phi) is 8.75. The first-order valence-electron chi connectivity index (χ1n) is 12.6. The van der Waals surface area contributed by atoms with Crippen molar-refractivity contribution in [3.8, 4) is 0 Å². The number of benzene rings is 2. The Morgan fingerprint density at radius 1 is 0.727 bits per heavy atom. The molecular weight excluding hydrogens is 412 g/mol. The topological polar surface area (TPSA) is 101 Å². The minimum Gasteiger partial charge on any atom is -0.378 e. The SMILES string of the molecule is NCCCOC1CC(OCCCN)CC(c2ccc3c(c2)c2ccccc2n3CCCN)C1. The number of rotatable bonds is 12. The fourth-order valence-corrected chi connectivity index (χ4v) is 5.24. The Hall–Kier alpha value is -1.96. The molecule has 180 valence electrons. The van der Waals surface area contributed by atoms with E-state index in [1.807, 2.05) is 0 Å². The van der Waals surface area contributed by atoms with E-state index in [-0.39, 0.29) is 12.2 Å². The molecule has 6 nitrogen and oxygen atoms in total. The lowest BCUT2D eigenvalue weighted by Crippen LogP contribution is -2.33. The van der Waals surface area contributed by atoms with Crippen LogP contribution in [0.3, 0.4) is 0 Å². The number of hydrogen-bond acceptors (Lipinski definition) is 5. The predicted molar refractivity (Wildman–Crippen MR) is 137 cm³/mol. The molecule has 6 heteroatoms. The van der Waals surface area contributed by atoms with Gasteiger partial charge in [0, 0.05) is 41.6 Å². The van der Waals surface area contributed by atoms with Gasteiger partial charge >= 0.3 is 0 Å². The summed E-state index contributed by atoms with van der Waals surface area (Å²) in [6.07, 6.45) is 6.19. The molecule has 0 spiro atoms. The van der Waals surface area contributed by atoms with Crippen LogP contribution in [0.1, 0.15) is 50.0 Å². The summed E-state index contributed by atoms with van der Waals surface area (Å²) < 4.78 is 14.9. The highest BCUT2D eigenvalue weighted by molar-refractivity contribution is 6.08. The summed E-state index contributed by atoms with van der Waals surface area (Å²) in [5.74, 6) is 0.417. The van der Waals surface area contributed by atoms with E-state index < -0.39 is 0 Å². The summed E-state index contributed by atoms with van der Waals surface area (Å²) in [4.78, 5) is 0. The molecule has 2 unspecified atom stereocenters. The van der Waals surface area contributed by atoms with Crippen LogP contribution >= 0.6 is 0 Å². The molecule has 1 saturated carbocycles. The average Bonchev–Trinajstić information content (AvgIpc) is 3.16. The molecule has 0 amide bonds. The minimum absolute atomic E-state index is 0.208. The number of nitrogens with two attached hydrogens (primary N) is 3. The third kappa shape index (κ3) is 5.76. The summed E-state index contributed by atoms with van der Waals surface area (Å²) in [7, 11) is 0. The molecule has 0 radical (unpaired) electrons. The number of fused-ring (bicyclic) bond motifs is 3. The summed E-state index contributed by atoms with van der Waals surface area (Å²) in [6, 6.07) is 15.7. The van der Waals surface area contributed by atoms with Crippen molar-refractivity contribution in [3.05, 3.63) is 48.0 Å². The maximum absolute atomic E-state index is 6.22. The van der Waals surface area contributed by atoms with E-state index in [4.69, 9.17) is 26.7 Å². The van der Waals surface area contributed by atoms with Crippen molar-refractivity contribution in [1.82, 2.24) is 4.57 Å². The molecule has 2 atom stereocenters. The molecule has 1 aliphatic carbocycles. The van der Waals surface area contributed by atoms with Crippen LogP contribution in [0, 0.1) is 0 Å². The second-order valence-electron chi connectivity index (χ2n) is 9.26. The number of nitrogens with zero attached hydrogens (tertiary/aromatic N) is 1. The zero-order chi connectivity index (χ0) is 23.0. The van der Waals surface area contributed by atoms with Gasteiger partial charge in [0.1, 0.15) is 0 Å². The lowest BCUT2D eigenvalue weighted by Gasteiger charge is -2.35. The summed E-state index contributed by atoms with van der Waals surface area (Å²) >= 11 is 0. The molecule has 1 aliphatic rings. The highest BCUT2D eigenvalue weighted by Gasteiger charge is 2.31. The number of ether oxygens (including phenoxy) is 2. The smallest absolute Gasteiger partial charge is 0.0605 e. The molecule has 6 N–H and O–H groups in total. The van der Waals surface area contributed by atoms with Crippen LogP contribution < -0.4 is 17.2 Å². The minimum atomic E-state index is 0.208. The van der Waals surface area contributed by atoms with E-state index in [0.29, 0.717) is 25.6 Å². The molecule has 2 aromatic carbocycles. The van der Waals surface area contributed by atoms with Crippen LogP contribution in [0.4, 0.5) is 0 Å². The van der Waals surface area contributed by atoms with E-state index in [9.17, 15) is 0 Å². The highest BCUT2D eigenvalue weighted by Crippen LogP contribution is 2.39. The fourth-order valence-electron chi connectivity index (χ4n) is 5.24. The predicted octanol–water partition coefficient (Wildman–Crippen LogP) is 3.88. The van der Waals surface area contributed by atoms with Crippen molar-refractivity contribution in [1.29, 1.82) is 0 Å². The molecule has 0 saturated heterocycles. The van der Waals surface area contributed by atoms with Gasteiger partial charge in [-0.2, -0.15) is 0 Å². The normalized spacial score (nSPS) is 21.2. The first-order chi connectivity index (χ1) is 16.2. The first-order valence-corrected chi connectivity index (χ1v) is 12.6. The van der Waals surface area contributed by atoms with E-state index in [1.54, 1.807) is 0 Å². The molecular formula is C27H40N4O2. The maximum atomic E-state index is 6.22. The highest BCUT2D eigenvalue weighted by atomic mass is 16.5. The van der Waals surface area contributed by atoms with Gasteiger partial charge in [-0.05, 0) is 87.8 Å². The zero-order valence-electron chi connectivity index (χ0n) is 19.8. The fraction of sp³-hybridized carbons (Fsp3) is 0.556. The van der Waals surface area contributed by atoms with Gasteiger partial charge in [0.25, 0.3) is 0 Å². The second kappa shape index (κ2) is 12.0. The summed E-state index contributed by atoms with van der Waals surface area (Å²) in [5, 5.41) is 2.64. The standard InChI is InChI=1S/C27H40N4O2/c28-10-3-13-31-26-7-2-1-6-24(26)25-18-20(8-9-27(25)31)21-16-22(32-14-4-11-29)19-23(17-21)33-15-5-12-30/h1-2,6-9,18,21-23H,3-5,10-17,19,28-30H2. The third-order valence-corrected chi connectivity index (χ3v) is 6.88. The van der Waals surface area contributed by atoms with Gasteiger partial charge in [-0.25, -0.2) is 0 Å². The Morgan fingerprint density at radius 2 is 1.36 bits per heavy atom. The molecule has 3 aromatic rings. The molecule has 4 rings (SSSR count). The lowest BCUT2D eigenvalue weighted by molar-refractivity contribution is -0.0511. The summed E-state index contributed by atoms with van der Waals surface area (Å²) in [6.45, 7) is 4.41. The van der Waals surface area contributed by atoms with E-state index in [0.717, 1.165) is 58.3 Å². The summed E-state index contributed by atoms with van der Waals surface area (Å²) in [5.41, 5.74) is 21.1. The average molecular weight is 453 g/mol. The van der Waals surface area contributed by atoms with Crippen LogP contribution in [-0.4, -0.2) is 49.6 Å². The van der Waals surface area contributed by atoms with Gasteiger partial charge in [-0.15, -0.1) is 0 Å². The van der Waals surface area contributed by atoms with Crippen molar-refractivity contribution in [3.63, 3.8) is 0 Å². The Labute approximate surface area is 197 Å². The molecule has 33 heavy (non-hydrogen) atoms. The Balaban J connectivity index is 1.61. The van der Waals surface area contributed by atoms with Crippen molar-refractivity contribution in [2.75, 3.05) is 32.8 Å². The molecule has 1 fully saturated rings. The quantitative estimate of drug-likeness (QED) is 0.362. The van der Waals surface area contributed by atoms with Crippen molar-refractivity contribution in [2.45, 2.75) is 63.2 Å². The molecule has 0 aliphatic heterocycles. The number of aromatic nitrogens is 1. The van der Waals surface area contributed by atoms with E-state index in [2.05, 4.69) is 47.0 Å². The van der Waals surface area contributed by atoms with Crippen LogP contribution in [-0.2, 0) is 16.0 Å². The number of hydrogen-bond donors (Lipinski definition) is 3. The van der Waals surface area contributed by atoms with Crippen LogP contribution in [0.2, 0.25) is 0 Å². The second-order valence-corrected chi connectivity index (χ2v) is 9.26.